The van der Waals surface area contributed by atoms with Crippen LogP contribution in [0.3, 0.4) is 0 Å². The van der Waals surface area contributed by atoms with Gasteiger partial charge in [0.25, 0.3) is 5.71 Å². The Labute approximate surface area is 557 Å². The van der Waals surface area contributed by atoms with E-state index in [4.69, 9.17) is 19.0 Å². The van der Waals surface area contributed by atoms with Crippen LogP contribution in [0.4, 0.5) is 0 Å². The number of aliphatic hydroxyl groups is 2. The average molecular weight is 1310 g/mol. The molecule has 16 nitrogen and oxygen atoms in total. The number of aldehydes is 1. The first-order valence-corrected chi connectivity index (χ1v) is 36.6. The van der Waals surface area contributed by atoms with Gasteiger partial charge >= 0.3 is 0 Å². The monoisotopic (exact) mass is 1310 g/mol. The third-order valence-electron chi connectivity index (χ3n) is 17.7. The molecule has 1 saturated heterocycles. The summed E-state index contributed by atoms with van der Waals surface area (Å²) in [6.07, 6.45) is 4.34. The molecule has 1 saturated carbocycles. The highest BCUT2D eigenvalue weighted by Gasteiger charge is 2.47. The van der Waals surface area contributed by atoms with Crippen LogP contribution < -0.4 is 10.6 Å². The number of hydrogen-bond donors (Lipinski definition) is 5. The summed E-state index contributed by atoms with van der Waals surface area (Å²) in [7, 11) is -3.70. The normalized spacial score (nSPS) is 19.5. The molecular formula is C74H119N5O11Si2. The van der Waals surface area contributed by atoms with Gasteiger partial charge < -0.3 is 49.8 Å². The van der Waals surface area contributed by atoms with Crippen molar-refractivity contribution in [1.82, 2.24) is 15.6 Å². The molecule has 0 bridgehead atoms. The number of epoxide rings is 1. The van der Waals surface area contributed by atoms with Gasteiger partial charge in [-0.15, -0.1) is 11.1 Å². The molecule has 0 amide bonds. The second-order valence-corrected chi connectivity index (χ2v) is 38.0. The van der Waals surface area contributed by atoms with E-state index in [2.05, 4.69) is 161 Å². The van der Waals surface area contributed by atoms with Gasteiger partial charge in [-0.25, -0.2) is 0 Å². The largest absolute Gasteiger partial charge is 0.507 e. The number of hydrogen-bond acceptors (Lipinski definition) is 14. The summed E-state index contributed by atoms with van der Waals surface area (Å²) in [5, 5.41) is 62.0. The highest BCUT2D eigenvalue weighted by Crippen LogP contribution is 2.42. The van der Waals surface area contributed by atoms with E-state index in [1.165, 1.54) is 31.2 Å². The van der Waals surface area contributed by atoms with Gasteiger partial charge in [-0.1, -0.05) is 230 Å². The number of ether oxygens (including phenoxy) is 3. The Balaban J connectivity index is 0.000000633. The first-order chi connectivity index (χ1) is 42.0. The topological polar surface area (TPSA) is 224 Å². The first kappa shape index (κ1) is 84.2. The summed E-state index contributed by atoms with van der Waals surface area (Å²) in [5.74, 6) is 6.58. The Kier molecular flexibility index (Phi) is 37.1. The van der Waals surface area contributed by atoms with E-state index in [1.807, 2.05) is 85.2 Å². The molecule has 0 unspecified atom stereocenters. The second kappa shape index (κ2) is 40.5. The van der Waals surface area contributed by atoms with E-state index in [0.717, 1.165) is 35.1 Å². The molecule has 18 heteroatoms. The minimum atomic E-state index is -2.05. The highest BCUT2D eigenvalue weighted by molar-refractivity contribution is 6.91. The number of benzene rings is 3. The van der Waals surface area contributed by atoms with E-state index in [-0.39, 0.29) is 68.1 Å². The van der Waals surface area contributed by atoms with Gasteiger partial charge in [0.1, 0.15) is 46.3 Å². The summed E-state index contributed by atoms with van der Waals surface area (Å²) in [5.41, 5.74) is 15.3. The lowest BCUT2D eigenvalue weighted by Crippen LogP contribution is -2.49. The number of nitrogens with one attached hydrogen (secondary N) is 2. The zero-order valence-electron chi connectivity index (χ0n) is 56.4. The van der Waals surface area contributed by atoms with E-state index in [0.29, 0.717) is 70.8 Å². The molecule has 2 fully saturated rings. The van der Waals surface area contributed by atoms with Crippen molar-refractivity contribution in [2.24, 2.45) is 0 Å². The van der Waals surface area contributed by atoms with Crippen LogP contribution in [0.1, 0.15) is 193 Å². The summed E-state index contributed by atoms with van der Waals surface area (Å²) < 4.78 is 16.2. The van der Waals surface area contributed by atoms with Crippen molar-refractivity contribution < 1.29 is 49.0 Å². The molecule has 9 atom stereocenters. The Morgan fingerprint density at radius 3 is 1.64 bits per heavy atom. The third-order valence-corrected chi connectivity index (χ3v) is 30.3. The lowest BCUT2D eigenvalue weighted by Gasteiger charge is -2.38. The Morgan fingerprint density at radius 2 is 1.18 bits per heavy atom. The molecule has 2 aliphatic heterocycles. The molecule has 3 heterocycles. The Bertz CT molecular complexity index is 2880. The SMILES string of the molecule is C.C.C.CC(C)(C)c1cccc(CN[C@@H]2CCCC[C@H]2NCc2ccncc2)c1O.CC(C)[Si](C#C[C@@H](O)[C@H]1O[N+]([O-])=C([C@@H](C)OCc2ccccc2)[C@H]1O)(C(C)C)C(C)C.CC(C)[Si](C#C[C@H]1O[C@@H]1C=O)(C(C)C)C(C)C.C[C@H](C[N+](=O)[O-])OCc1ccccc1. The molecule has 92 heavy (non-hydrogen) atoms. The van der Waals surface area contributed by atoms with Crippen molar-refractivity contribution in [2.75, 3.05) is 6.54 Å². The number of nitrogens with zero attached hydrogens (tertiary/aromatic N) is 3. The van der Waals surface area contributed by atoms with Crippen LogP contribution in [0.15, 0.2) is 103 Å². The number of carbonyl (C=O) groups excluding carboxylic acids is 1. The zero-order valence-corrected chi connectivity index (χ0v) is 58.4. The molecule has 0 radical (unpaired) electrons. The van der Waals surface area contributed by atoms with Gasteiger partial charge in [-0.3, -0.25) is 20.3 Å². The zero-order chi connectivity index (χ0) is 66.2. The van der Waals surface area contributed by atoms with Crippen molar-refractivity contribution >= 4 is 28.1 Å². The number of aromatic nitrogens is 1. The molecular weight excluding hydrogens is 1190 g/mol. The molecule has 3 aromatic carbocycles. The van der Waals surface area contributed by atoms with Crippen molar-refractivity contribution in [3.63, 3.8) is 0 Å². The second-order valence-electron chi connectivity index (χ2n) is 26.9. The maximum atomic E-state index is 12.3. The molecule has 3 aliphatic rings. The number of pyridine rings is 1. The van der Waals surface area contributed by atoms with Gasteiger partial charge in [0, 0.05) is 53.0 Å². The quantitative estimate of drug-likeness (QED) is 0.00886. The van der Waals surface area contributed by atoms with Crippen LogP contribution in [0.5, 0.6) is 5.75 Å². The lowest BCUT2D eigenvalue weighted by atomic mass is 9.85. The number of phenols is 1. The van der Waals surface area contributed by atoms with Gasteiger partial charge in [-0.2, -0.15) is 0 Å². The first-order valence-electron chi connectivity index (χ1n) is 32.1. The van der Waals surface area contributed by atoms with Crippen molar-refractivity contribution in [3.05, 3.63) is 147 Å². The van der Waals surface area contributed by atoms with Gasteiger partial charge in [0.05, 0.1) is 13.2 Å². The predicted molar refractivity (Wildman–Crippen MR) is 382 cm³/mol. The van der Waals surface area contributed by atoms with Crippen LogP contribution in [0.25, 0.3) is 0 Å². The summed E-state index contributed by atoms with van der Waals surface area (Å²) in [6, 6.07) is 30.3. The fraction of sp³-hybridized carbons (Fsp3) is 0.608. The van der Waals surface area contributed by atoms with Crippen LogP contribution in [0.2, 0.25) is 33.2 Å². The summed E-state index contributed by atoms with van der Waals surface area (Å²) in [4.78, 5) is 29.9. The molecule has 514 valence electrons. The molecule has 5 N–H and O–H groups in total. The third kappa shape index (κ3) is 24.8. The van der Waals surface area contributed by atoms with Crippen molar-refractivity contribution in [2.45, 2.75) is 285 Å². The number of phenolic OH excluding ortho intramolecular Hbond substituents is 1. The molecule has 7 rings (SSSR count). The van der Waals surface area contributed by atoms with Crippen LogP contribution in [-0.2, 0) is 55.6 Å². The lowest BCUT2D eigenvalue weighted by molar-refractivity contribution is -0.743. The summed E-state index contributed by atoms with van der Waals surface area (Å²) >= 11 is 0. The number of nitro groups is 1. The molecule has 4 aromatic rings. The minimum absolute atomic E-state index is 0. The van der Waals surface area contributed by atoms with Gasteiger partial charge in [-0.05, 0) is 99.7 Å². The number of carbonyl (C=O) groups is 1. The maximum absolute atomic E-state index is 12.3. The van der Waals surface area contributed by atoms with Gasteiger partial charge in [0.2, 0.25) is 6.54 Å². The van der Waals surface area contributed by atoms with Crippen molar-refractivity contribution in [3.8, 4) is 28.7 Å². The average Bonchev–Trinajstić information content (AvgIpc) is 1.46. The van der Waals surface area contributed by atoms with Crippen LogP contribution in [0, 0.1) is 38.2 Å². The fourth-order valence-corrected chi connectivity index (χ4v) is 23.2. The number of aromatic hydroxyl groups is 1. The predicted octanol–water partition coefficient (Wildman–Crippen LogP) is 15.0. The maximum Gasteiger partial charge on any atom is 0.279 e. The van der Waals surface area contributed by atoms with E-state index in [9.17, 15) is 35.4 Å². The number of rotatable bonds is 23. The molecule has 1 aliphatic carbocycles. The number of para-hydroxylation sites is 1. The molecule has 0 spiro atoms. The van der Waals surface area contributed by atoms with Crippen molar-refractivity contribution in [1.29, 1.82) is 0 Å². The fourth-order valence-electron chi connectivity index (χ4n) is 12.7. The highest BCUT2D eigenvalue weighted by atomic mass is 28.3. The number of aliphatic hydroxyl groups excluding tert-OH is 2. The van der Waals surface area contributed by atoms with Gasteiger partial charge in [0.15, 0.2) is 24.6 Å². The Hall–Kier alpha value is -5.78. The van der Waals surface area contributed by atoms with E-state index >= 15 is 0 Å². The smallest absolute Gasteiger partial charge is 0.279 e. The summed E-state index contributed by atoms with van der Waals surface area (Å²) in [6.45, 7) is 38.8. The minimum Gasteiger partial charge on any atom is -0.507 e. The van der Waals surface area contributed by atoms with Crippen LogP contribution in [-0.4, -0.2) is 120 Å². The Morgan fingerprint density at radius 1 is 0.707 bits per heavy atom. The van der Waals surface area contributed by atoms with E-state index in [1.54, 1.807) is 13.8 Å². The van der Waals surface area contributed by atoms with Crippen LogP contribution >= 0.6 is 0 Å². The molecule has 1 aromatic heterocycles. The van der Waals surface area contributed by atoms with E-state index < -0.39 is 40.6 Å². The standard InChI is InChI=1S/C24H37NO5Si.C23H33N3O.C14H24O2Si.C10H13NO3.3CH4/c1-16(2)31(17(3)4,18(5)6)14-13-21(26)24-23(27)22(25(28)30-24)19(7)29-15-20-11-9-8-10-12-20;1-23(2,3)19-8-6-7-18(22(19)27)16-26-21-10-5-4-9-20(21)25-15-17-11-13-24-14-12-17;1-10(2)17(11(3)4,12(5)6)8-7-13-14(9-15)16-13;1-9(7-11(12)13)14-8-10-5-3-2-4-6-10;;;/h8-12,16-19,21,23-24,26-27H,15H2,1-7H3;6-8,11-14,20-21,25-27H,4-5,9-10,15-16H2,1-3H3;9-14H,1-6H3;2-6,9H,7-8H2,1H3;3*1H4/t19-,21-,23-,24-;20-,21-;13-,14-;9-;;;/m1111.../s1.